The minimum Gasteiger partial charge on any atom is -0.743 e. The van der Waals surface area contributed by atoms with Gasteiger partial charge in [-0.25, -0.2) is 17.2 Å². The predicted octanol–water partition coefficient (Wildman–Crippen LogP) is 1.84. The van der Waals surface area contributed by atoms with E-state index in [4.69, 9.17) is 0 Å². The van der Waals surface area contributed by atoms with E-state index in [1.165, 1.54) is 0 Å². The largest absolute Gasteiger partial charge is 1.00 e. The van der Waals surface area contributed by atoms with Gasteiger partial charge < -0.3 is 4.55 Å². The second kappa shape index (κ2) is 8.18. The Morgan fingerprint density at radius 2 is 0.719 bits per heavy atom. The minimum atomic E-state index is -9.01. The van der Waals surface area contributed by atoms with Crippen molar-refractivity contribution in [2.45, 2.75) is 53.1 Å². The second-order valence-corrected chi connectivity index (χ2v) is 6.76. The fraction of sp³-hybridized carbons (Fsp3) is 1.00. The molecule has 0 aromatic carbocycles. The van der Waals surface area contributed by atoms with Gasteiger partial charge in [0.25, 0.3) is 0 Å². The maximum Gasteiger partial charge on any atom is 1.00 e. The molecule has 0 spiro atoms. The average molecular weight is 538 g/mol. The van der Waals surface area contributed by atoms with Crippen molar-refractivity contribution >= 4 is 10.1 Å². The van der Waals surface area contributed by atoms with Gasteiger partial charge >= 0.3 is 72.0 Å². The summed E-state index contributed by atoms with van der Waals surface area (Å²) < 4.78 is 260. The van der Waals surface area contributed by atoms with Gasteiger partial charge in [-0.3, -0.25) is 0 Å². The van der Waals surface area contributed by atoms with Crippen LogP contribution in [-0.2, 0) is 10.1 Å². The van der Waals surface area contributed by atoms with Crippen LogP contribution in [0.15, 0.2) is 0 Å². The quantitative estimate of drug-likeness (QED) is 0.256. The molecular formula is C9HF18LiO3S. The van der Waals surface area contributed by atoms with E-state index in [1.54, 1.807) is 0 Å². The summed E-state index contributed by atoms with van der Waals surface area (Å²) in [6.07, 6.45) is -6.09. The molecule has 188 valence electrons. The fourth-order valence-electron chi connectivity index (χ4n) is 1.47. The van der Waals surface area contributed by atoms with Crippen LogP contribution in [0, 0.1) is 0 Å². The van der Waals surface area contributed by atoms with Crippen LogP contribution < -0.4 is 18.9 Å². The van der Waals surface area contributed by atoms with Gasteiger partial charge in [-0.05, 0) is 0 Å². The summed E-state index contributed by atoms with van der Waals surface area (Å²) in [6, 6.07) is 0. The van der Waals surface area contributed by atoms with Gasteiger partial charge in [0.2, 0.25) is 0 Å². The van der Waals surface area contributed by atoms with Crippen molar-refractivity contribution < 1.29 is 111 Å². The first-order chi connectivity index (χ1) is 12.9. The molecule has 0 aromatic heterocycles. The summed E-state index contributed by atoms with van der Waals surface area (Å²) >= 11 is 0. The molecule has 0 rings (SSSR count). The molecule has 0 unspecified atom stereocenters. The molecule has 0 heterocycles. The van der Waals surface area contributed by atoms with Crippen LogP contribution in [0.5, 0.6) is 0 Å². The van der Waals surface area contributed by atoms with Crippen molar-refractivity contribution in [3.05, 3.63) is 0 Å². The van der Waals surface area contributed by atoms with Crippen molar-refractivity contribution in [1.82, 2.24) is 0 Å². The average Bonchev–Trinajstić information content (AvgIpc) is 2.52. The zero-order valence-corrected chi connectivity index (χ0v) is 14.8. The van der Waals surface area contributed by atoms with Crippen molar-refractivity contribution in [3.8, 4) is 0 Å². The third-order valence-electron chi connectivity index (χ3n) is 3.34. The molecule has 32 heavy (non-hydrogen) atoms. The zero-order chi connectivity index (χ0) is 26.1. The predicted molar refractivity (Wildman–Crippen MR) is 55.3 cm³/mol. The normalized spacial score (nSPS) is 16.2. The van der Waals surface area contributed by atoms with Gasteiger partial charge in [0.15, 0.2) is 10.1 Å². The standard InChI is InChI=1S/C9H2F18O3S.Li/c10-1(11)2(12,13)3(14,15)4(16,17)5(18,19)6(20,21)7(22,23)8(24,25)9(26,27)31(28,29)30;/h1H,(H,28,29,30);/q;+1/p-1. The molecule has 0 fully saturated rings. The summed E-state index contributed by atoms with van der Waals surface area (Å²) in [5.41, 5.74) is 0. The second-order valence-electron chi connectivity index (χ2n) is 5.34. The van der Waals surface area contributed by atoms with E-state index >= 15 is 0 Å². The molecular weight excluding hydrogens is 537 g/mol. The monoisotopic (exact) mass is 538 g/mol. The van der Waals surface area contributed by atoms with Crippen LogP contribution in [0.1, 0.15) is 0 Å². The van der Waals surface area contributed by atoms with Crippen LogP contribution >= 0.6 is 0 Å². The van der Waals surface area contributed by atoms with Crippen LogP contribution in [0.25, 0.3) is 0 Å². The Kier molecular flexibility index (Phi) is 8.54. The number of hydrogen-bond donors (Lipinski definition) is 0. The third kappa shape index (κ3) is 3.91. The van der Waals surface area contributed by atoms with Crippen molar-refractivity contribution in [2.75, 3.05) is 0 Å². The van der Waals surface area contributed by atoms with E-state index in [-0.39, 0.29) is 18.9 Å². The molecule has 0 saturated carbocycles. The fourth-order valence-corrected chi connectivity index (χ4v) is 1.92. The first kappa shape index (κ1) is 33.4. The molecule has 0 radical (unpaired) electrons. The van der Waals surface area contributed by atoms with E-state index in [2.05, 4.69) is 0 Å². The van der Waals surface area contributed by atoms with Crippen molar-refractivity contribution in [1.29, 1.82) is 0 Å². The summed E-state index contributed by atoms with van der Waals surface area (Å²) in [4.78, 5) is 0. The molecule has 0 bridgehead atoms. The Bertz CT molecular complexity index is 790. The molecule has 0 aliphatic rings. The maximum atomic E-state index is 13.2. The molecule has 0 atom stereocenters. The number of halogens is 18. The molecule has 23 heteroatoms. The van der Waals surface area contributed by atoms with Gasteiger partial charge in [-0.1, -0.05) is 0 Å². The van der Waals surface area contributed by atoms with E-state index < -0.39 is 63.3 Å². The Hall–Kier alpha value is -0.753. The molecule has 0 saturated heterocycles. The SMILES string of the molecule is O=S(=O)([O-])C(F)(F)C(F)(F)C(F)(F)C(F)(F)C(F)(F)C(F)(F)C(F)(F)C(F)(F)C(F)F.[Li+]. The Morgan fingerprint density at radius 1 is 0.500 bits per heavy atom. The Labute approximate surface area is 175 Å². The molecule has 0 amide bonds. The van der Waals surface area contributed by atoms with Gasteiger partial charge in [-0.15, -0.1) is 0 Å². The molecule has 0 aliphatic heterocycles. The van der Waals surface area contributed by atoms with Gasteiger partial charge in [0, 0.05) is 0 Å². The van der Waals surface area contributed by atoms with Gasteiger partial charge in [0.1, 0.15) is 0 Å². The topological polar surface area (TPSA) is 57.2 Å². The Balaban J connectivity index is 0. The molecule has 0 aromatic rings. The van der Waals surface area contributed by atoms with Crippen LogP contribution in [0.4, 0.5) is 79.0 Å². The van der Waals surface area contributed by atoms with E-state index in [0.717, 1.165) is 0 Å². The summed E-state index contributed by atoms with van der Waals surface area (Å²) in [5.74, 6) is -60.4. The number of alkyl halides is 18. The van der Waals surface area contributed by atoms with Crippen molar-refractivity contribution in [3.63, 3.8) is 0 Å². The first-order valence-corrected chi connectivity index (χ1v) is 7.61. The first-order valence-electron chi connectivity index (χ1n) is 6.20. The maximum absolute atomic E-state index is 13.2. The van der Waals surface area contributed by atoms with Crippen molar-refractivity contribution in [2.24, 2.45) is 0 Å². The van der Waals surface area contributed by atoms with E-state index in [0.29, 0.717) is 0 Å². The molecule has 3 nitrogen and oxygen atoms in total. The Morgan fingerprint density at radius 3 is 0.938 bits per heavy atom. The van der Waals surface area contributed by atoms with Crippen LogP contribution in [-0.4, -0.2) is 66.1 Å². The minimum absolute atomic E-state index is 0. The zero-order valence-electron chi connectivity index (χ0n) is 14.0. The van der Waals surface area contributed by atoms with Gasteiger partial charge in [-0.2, -0.15) is 70.2 Å². The molecule has 0 aliphatic carbocycles. The van der Waals surface area contributed by atoms with E-state index in [1.807, 2.05) is 0 Å². The smallest absolute Gasteiger partial charge is 0.743 e. The third-order valence-corrected chi connectivity index (χ3v) is 4.23. The van der Waals surface area contributed by atoms with E-state index in [9.17, 15) is 92.0 Å². The molecule has 0 N–H and O–H groups in total. The van der Waals surface area contributed by atoms with Gasteiger partial charge in [0.05, 0.1) is 0 Å². The number of rotatable bonds is 9. The van der Waals surface area contributed by atoms with Crippen LogP contribution in [0.2, 0.25) is 0 Å². The summed E-state index contributed by atoms with van der Waals surface area (Å²) in [5, 5.41) is -8.01. The summed E-state index contributed by atoms with van der Waals surface area (Å²) in [7, 11) is -8.19. The number of hydrogen-bond acceptors (Lipinski definition) is 3. The van der Waals surface area contributed by atoms with Crippen LogP contribution in [0.3, 0.4) is 0 Å². The summed E-state index contributed by atoms with van der Waals surface area (Å²) in [6.45, 7) is 0.